The zero-order valence-corrected chi connectivity index (χ0v) is 16.0. The van der Waals surface area contributed by atoms with E-state index in [2.05, 4.69) is 22.4 Å². The second-order valence-corrected chi connectivity index (χ2v) is 6.71. The Balaban J connectivity index is 1.82. The highest BCUT2D eigenvalue weighted by molar-refractivity contribution is 5.81. The zero-order valence-electron chi connectivity index (χ0n) is 16.0. The fourth-order valence-corrected chi connectivity index (χ4v) is 2.72. The maximum atomic E-state index is 11.8. The lowest BCUT2D eigenvalue weighted by molar-refractivity contribution is -0.122. The number of rotatable bonds is 12. The fourth-order valence-electron chi connectivity index (χ4n) is 2.72. The first kappa shape index (κ1) is 21.1. The van der Waals surface area contributed by atoms with Crippen molar-refractivity contribution in [1.29, 1.82) is 0 Å². The van der Waals surface area contributed by atoms with Gasteiger partial charge in [0.2, 0.25) is 17.6 Å². The van der Waals surface area contributed by atoms with Gasteiger partial charge in [-0.05, 0) is 18.4 Å². The summed E-state index contributed by atoms with van der Waals surface area (Å²) in [5.41, 5.74) is 7.48. The van der Waals surface area contributed by atoms with E-state index in [0.717, 1.165) is 24.0 Å². The minimum atomic E-state index is -0.686. The number of aryl methyl sites for hydroxylation is 1. The molecule has 1 amide bonds. The van der Waals surface area contributed by atoms with Crippen molar-refractivity contribution >= 4 is 5.91 Å². The van der Waals surface area contributed by atoms with Crippen LogP contribution in [-0.4, -0.2) is 33.8 Å². The summed E-state index contributed by atoms with van der Waals surface area (Å²) in [6.07, 6.45) is 7.08. The van der Waals surface area contributed by atoms with Gasteiger partial charge in [-0.2, -0.15) is 4.98 Å². The third-order valence-electron chi connectivity index (χ3n) is 4.42. The number of benzene rings is 1. The summed E-state index contributed by atoms with van der Waals surface area (Å²) < 4.78 is 5.33. The van der Waals surface area contributed by atoms with Gasteiger partial charge in [-0.3, -0.25) is 4.79 Å². The topological polar surface area (TPSA) is 114 Å². The number of amides is 1. The van der Waals surface area contributed by atoms with Crippen molar-refractivity contribution < 1.29 is 14.4 Å². The molecule has 0 bridgehead atoms. The van der Waals surface area contributed by atoms with E-state index in [-0.39, 0.29) is 18.9 Å². The Bertz CT molecular complexity index is 685. The van der Waals surface area contributed by atoms with Crippen LogP contribution in [0.5, 0.6) is 0 Å². The third-order valence-corrected chi connectivity index (χ3v) is 4.42. The van der Waals surface area contributed by atoms with Crippen LogP contribution in [0.3, 0.4) is 0 Å². The number of nitrogens with two attached hydrogens (primary N) is 1. The summed E-state index contributed by atoms with van der Waals surface area (Å²) in [7, 11) is 0. The number of carbonyl (C=O) groups excluding carboxylic acids is 1. The SMILES string of the molecule is CCCCCCCc1nc(-c2ccc(CNC(=O)C(N)CCO)cc2)no1. The summed E-state index contributed by atoms with van der Waals surface area (Å²) in [5.74, 6) is 0.990. The van der Waals surface area contributed by atoms with Gasteiger partial charge in [0.05, 0.1) is 6.04 Å². The van der Waals surface area contributed by atoms with E-state index >= 15 is 0 Å². The summed E-state index contributed by atoms with van der Waals surface area (Å²) in [6.45, 7) is 2.48. The predicted octanol–water partition coefficient (Wildman–Crippen LogP) is 2.58. The Kier molecular flexibility index (Phi) is 8.94. The molecule has 1 aromatic carbocycles. The summed E-state index contributed by atoms with van der Waals surface area (Å²) in [4.78, 5) is 16.2. The van der Waals surface area contributed by atoms with Crippen LogP contribution < -0.4 is 11.1 Å². The normalized spacial score (nSPS) is 12.1. The quantitative estimate of drug-likeness (QED) is 0.492. The molecule has 7 heteroatoms. The Labute approximate surface area is 160 Å². The van der Waals surface area contributed by atoms with Gasteiger partial charge in [0, 0.05) is 25.1 Å². The van der Waals surface area contributed by atoms with Crippen molar-refractivity contribution in [3.8, 4) is 11.4 Å². The maximum Gasteiger partial charge on any atom is 0.237 e. The van der Waals surface area contributed by atoms with Crippen LogP contribution in [-0.2, 0) is 17.8 Å². The molecule has 7 nitrogen and oxygen atoms in total. The Morgan fingerprint density at radius 3 is 2.67 bits per heavy atom. The van der Waals surface area contributed by atoms with Crippen LogP contribution in [0.25, 0.3) is 11.4 Å². The molecular formula is C20H30N4O3. The minimum Gasteiger partial charge on any atom is -0.396 e. The molecule has 4 N–H and O–H groups in total. The van der Waals surface area contributed by atoms with E-state index in [4.69, 9.17) is 15.4 Å². The first-order valence-corrected chi connectivity index (χ1v) is 9.70. The van der Waals surface area contributed by atoms with Crippen LogP contribution in [0.1, 0.15) is 56.9 Å². The van der Waals surface area contributed by atoms with E-state index in [1.807, 2.05) is 24.3 Å². The largest absolute Gasteiger partial charge is 0.396 e. The minimum absolute atomic E-state index is 0.102. The van der Waals surface area contributed by atoms with Crippen LogP contribution in [0.4, 0.5) is 0 Å². The average Bonchev–Trinajstić information content (AvgIpc) is 3.15. The van der Waals surface area contributed by atoms with Gasteiger partial charge >= 0.3 is 0 Å². The first-order valence-electron chi connectivity index (χ1n) is 9.70. The monoisotopic (exact) mass is 374 g/mol. The lowest BCUT2D eigenvalue weighted by Gasteiger charge is -2.11. The van der Waals surface area contributed by atoms with Gasteiger partial charge < -0.3 is 20.7 Å². The van der Waals surface area contributed by atoms with Crippen molar-refractivity contribution in [3.63, 3.8) is 0 Å². The van der Waals surface area contributed by atoms with Crippen molar-refractivity contribution in [2.45, 2.75) is 64.5 Å². The molecule has 1 atom stereocenters. The molecule has 2 aromatic rings. The molecule has 1 aromatic heterocycles. The molecule has 2 rings (SSSR count). The van der Waals surface area contributed by atoms with Crippen molar-refractivity contribution in [2.24, 2.45) is 5.73 Å². The van der Waals surface area contributed by atoms with Crippen LogP contribution in [0.2, 0.25) is 0 Å². The highest BCUT2D eigenvalue weighted by atomic mass is 16.5. The van der Waals surface area contributed by atoms with E-state index in [1.54, 1.807) is 0 Å². The van der Waals surface area contributed by atoms with Gasteiger partial charge in [0.1, 0.15) is 0 Å². The van der Waals surface area contributed by atoms with Gasteiger partial charge in [-0.15, -0.1) is 0 Å². The number of aliphatic hydroxyl groups excluding tert-OH is 1. The number of carbonyl (C=O) groups is 1. The van der Waals surface area contributed by atoms with Gasteiger partial charge in [0.25, 0.3) is 0 Å². The Morgan fingerprint density at radius 1 is 1.22 bits per heavy atom. The molecule has 148 valence electrons. The highest BCUT2D eigenvalue weighted by Gasteiger charge is 2.12. The molecule has 0 fully saturated rings. The predicted molar refractivity (Wildman–Crippen MR) is 104 cm³/mol. The van der Waals surface area contributed by atoms with Gasteiger partial charge in [0.15, 0.2) is 0 Å². The molecule has 0 saturated carbocycles. The van der Waals surface area contributed by atoms with Gasteiger partial charge in [-0.25, -0.2) is 0 Å². The van der Waals surface area contributed by atoms with Crippen molar-refractivity contribution in [3.05, 3.63) is 35.7 Å². The van der Waals surface area contributed by atoms with Gasteiger partial charge in [-0.1, -0.05) is 62.0 Å². The maximum absolute atomic E-state index is 11.8. The standard InChI is InChI=1S/C20H30N4O3/c1-2-3-4-5-6-7-18-23-19(24-27-18)16-10-8-15(9-11-16)14-22-20(26)17(21)12-13-25/h8-11,17,25H,2-7,12-14,21H2,1H3,(H,22,26). The molecule has 0 aliphatic heterocycles. The Morgan fingerprint density at radius 2 is 1.96 bits per heavy atom. The number of hydrogen-bond acceptors (Lipinski definition) is 6. The lowest BCUT2D eigenvalue weighted by atomic mass is 10.1. The lowest BCUT2D eigenvalue weighted by Crippen LogP contribution is -2.40. The molecule has 0 saturated heterocycles. The number of unbranched alkanes of at least 4 members (excludes halogenated alkanes) is 4. The Hall–Kier alpha value is -2.25. The second kappa shape index (κ2) is 11.5. The molecule has 27 heavy (non-hydrogen) atoms. The smallest absolute Gasteiger partial charge is 0.237 e. The molecule has 1 heterocycles. The molecule has 1 unspecified atom stereocenters. The molecule has 0 radical (unpaired) electrons. The zero-order chi connectivity index (χ0) is 19.5. The highest BCUT2D eigenvalue weighted by Crippen LogP contribution is 2.17. The van der Waals surface area contributed by atoms with Crippen LogP contribution in [0.15, 0.2) is 28.8 Å². The number of nitrogens with zero attached hydrogens (tertiary/aromatic N) is 2. The van der Waals surface area contributed by atoms with Crippen molar-refractivity contribution in [2.75, 3.05) is 6.61 Å². The summed E-state index contributed by atoms with van der Waals surface area (Å²) in [5, 5.41) is 15.6. The number of hydrogen-bond donors (Lipinski definition) is 3. The molecule has 0 aliphatic carbocycles. The number of aromatic nitrogens is 2. The van der Waals surface area contributed by atoms with Crippen LogP contribution in [0, 0.1) is 0 Å². The second-order valence-electron chi connectivity index (χ2n) is 6.71. The molecular weight excluding hydrogens is 344 g/mol. The molecule has 0 aliphatic rings. The molecule has 0 spiro atoms. The van der Waals surface area contributed by atoms with E-state index in [9.17, 15) is 4.79 Å². The van der Waals surface area contributed by atoms with Crippen molar-refractivity contribution in [1.82, 2.24) is 15.5 Å². The van der Waals surface area contributed by atoms with E-state index < -0.39 is 6.04 Å². The van der Waals surface area contributed by atoms with E-state index in [1.165, 1.54) is 25.7 Å². The summed E-state index contributed by atoms with van der Waals surface area (Å²) in [6, 6.07) is 6.95. The average molecular weight is 374 g/mol. The summed E-state index contributed by atoms with van der Waals surface area (Å²) >= 11 is 0. The number of nitrogens with one attached hydrogen (secondary N) is 1. The first-order chi connectivity index (χ1) is 13.1. The fraction of sp³-hybridized carbons (Fsp3) is 0.550. The third kappa shape index (κ3) is 7.11. The van der Waals surface area contributed by atoms with Crippen LogP contribution >= 0.6 is 0 Å². The number of aliphatic hydroxyl groups is 1. The van der Waals surface area contributed by atoms with E-state index in [0.29, 0.717) is 18.3 Å².